The Hall–Kier alpha value is -1.70. The summed E-state index contributed by atoms with van der Waals surface area (Å²) in [6, 6.07) is 7.27. The Balaban J connectivity index is 1.36. The summed E-state index contributed by atoms with van der Waals surface area (Å²) in [4.78, 5) is 9.64. The molecule has 0 saturated carbocycles. The lowest BCUT2D eigenvalue weighted by Crippen LogP contribution is -2.48. The van der Waals surface area contributed by atoms with E-state index in [1.54, 1.807) is 0 Å². The van der Waals surface area contributed by atoms with Crippen molar-refractivity contribution in [2.24, 2.45) is 4.99 Å². The zero-order chi connectivity index (χ0) is 21.2. The normalized spacial score (nSPS) is 20.4. The van der Waals surface area contributed by atoms with Crippen LogP contribution >= 0.6 is 0 Å². The molecule has 2 aliphatic heterocycles. The first kappa shape index (κ1) is 23.0. The lowest BCUT2D eigenvalue weighted by atomic mass is 10.0. The Labute approximate surface area is 180 Å². The van der Waals surface area contributed by atoms with Crippen molar-refractivity contribution in [3.05, 3.63) is 35.6 Å². The number of likely N-dealkylation sites (tertiary alicyclic amines) is 2. The Morgan fingerprint density at radius 1 is 1.07 bits per heavy atom. The summed E-state index contributed by atoms with van der Waals surface area (Å²) in [7, 11) is 0. The first-order chi connectivity index (χ1) is 14.6. The van der Waals surface area contributed by atoms with Crippen LogP contribution in [-0.2, 0) is 6.54 Å². The minimum atomic E-state index is -0.174. The van der Waals surface area contributed by atoms with Crippen LogP contribution in [0.15, 0.2) is 29.3 Å². The number of aliphatic hydroxyl groups is 1. The molecule has 0 spiro atoms. The monoisotopic (exact) mass is 419 g/mol. The number of aliphatic imine (C=N–C) groups is 1. The fraction of sp³-hybridized carbons (Fsp3) is 0.696. The summed E-state index contributed by atoms with van der Waals surface area (Å²) < 4.78 is 13.1. The van der Waals surface area contributed by atoms with Gasteiger partial charge in [0.1, 0.15) is 5.82 Å². The van der Waals surface area contributed by atoms with Gasteiger partial charge in [0.15, 0.2) is 5.96 Å². The maximum Gasteiger partial charge on any atom is 0.191 e. The van der Waals surface area contributed by atoms with E-state index < -0.39 is 0 Å². The molecular formula is C23H38FN5O. The van der Waals surface area contributed by atoms with Gasteiger partial charge in [0.25, 0.3) is 0 Å². The predicted molar refractivity (Wildman–Crippen MR) is 120 cm³/mol. The summed E-state index contributed by atoms with van der Waals surface area (Å²) in [5.74, 6) is 0.746. The molecule has 2 aliphatic rings. The quantitative estimate of drug-likeness (QED) is 0.343. The second-order valence-corrected chi connectivity index (χ2v) is 8.51. The number of guanidine groups is 1. The van der Waals surface area contributed by atoms with Crippen LogP contribution in [0.1, 0.15) is 44.6 Å². The van der Waals surface area contributed by atoms with Crippen LogP contribution in [0.25, 0.3) is 0 Å². The summed E-state index contributed by atoms with van der Waals surface area (Å²) in [5, 5.41) is 16.6. The highest BCUT2D eigenvalue weighted by Gasteiger charge is 2.20. The summed E-state index contributed by atoms with van der Waals surface area (Å²) >= 11 is 0. The molecule has 0 aliphatic carbocycles. The molecule has 1 aromatic carbocycles. The van der Waals surface area contributed by atoms with E-state index in [1.165, 1.54) is 17.7 Å². The lowest BCUT2D eigenvalue weighted by molar-refractivity contribution is 0.0824. The molecule has 168 valence electrons. The number of aliphatic hydroxyl groups excluding tert-OH is 1. The van der Waals surface area contributed by atoms with Crippen molar-refractivity contribution < 1.29 is 9.50 Å². The van der Waals surface area contributed by atoms with Crippen LogP contribution in [0.3, 0.4) is 0 Å². The minimum absolute atomic E-state index is 0.106. The SMILES string of the molecule is CCNC(=NCCCN1CCC(O)CC1)NC1CCN(Cc2ccc(F)cc2)CC1. The van der Waals surface area contributed by atoms with Gasteiger partial charge in [0, 0.05) is 51.9 Å². The van der Waals surface area contributed by atoms with E-state index in [9.17, 15) is 9.50 Å². The molecular weight excluding hydrogens is 381 g/mol. The zero-order valence-electron chi connectivity index (χ0n) is 18.3. The zero-order valence-corrected chi connectivity index (χ0v) is 18.3. The van der Waals surface area contributed by atoms with Crippen LogP contribution in [0.2, 0.25) is 0 Å². The number of benzene rings is 1. The molecule has 2 heterocycles. The smallest absolute Gasteiger partial charge is 0.191 e. The fourth-order valence-corrected chi connectivity index (χ4v) is 4.22. The highest BCUT2D eigenvalue weighted by atomic mass is 19.1. The summed E-state index contributed by atoms with van der Waals surface area (Å²) in [6.07, 6.45) is 4.90. The summed E-state index contributed by atoms with van der Waals surface area (Å²) in [6.45, 7) is 9.79. The molecule has 2 fully saturated rings. The van der Waals surface area contributed by atoms with E-state index >= 15 is 0 Å². The third-order valence-corrected chi connectivity index (χ3v) is 6.05. The molecule has 0 radical (unpaired) electrons. The molecule has 0 bridgehead atoms. The Morgan fingerprint density at radius 3 is 2.40 bits per heavy atom. The van der Waals surface area contributed by atoms with Gasteiger partial charge in [-0.25, -0.2) is 4.39 Å². The van der Waals surface area contributed by atoms with E-state index in [0.717, 1.165) is 90.4 Å². The number of nitrogens with one attached hydrogen (secondary N) is 2. The van der Waals surface area contributed by atoms with Crippen LogP contribution in [-0.4, -0.2) is 78.8 Å². The van der Waals surface area contributed by atoms with Gasteiger partial charge in [-0.1, -0.05) is 12.1 Å². The molecule has 6 nitrogen and oxygen atoms in total. The van der Waals surface area contributed by atoms with Crippen molar-refractivity contribution in [3.8, 4) is 0 Å². The Bertz CT molecular complexity index is 637. The van der Waals surface area contributed by atoms with Gasteiger partial charge < -0.3 is 20.6 Å². The van der Waals surface area contributed by atoms with Gasteiger partial charge in [0.2, 0.25) is 0 Å². The maximum atomic E-state index is 13.1. The van der Waals surface area contributed by atoms with Crippen molar-refractivity contribution in [2.45, 2.75) is 57.7 Å². The number of hydrogen-bond acceptors (Lipinski definition) is 4. The average Bonchev–Trinajstić information content (AvgIpc) is 2.75. The molecule has 0 atom stereocenters. The molecule has 0 aromatic heterocycles. The molecule has 1 aromatic rings. The molecule has 7 heteroatoms. The molecule has 2 saturated heterocycles. The second kappa shape index (κ2) is 12.2. The largest absolute Gasteiger partial charge is 0.393 e. The van der Waals surface area contributed by atoms with Crippen LogP contribution in [0.4, 0.5) is 4.39 Å². The number of hydrogen-bond donors (Lipinski definition) is 3. The predicted octanol–water partition coefficient (Wildman–Crippen LogP) is 2.19. The first-order valence-electron chi connectivity index (χ1n) is 11.5. The standard InChI is InChI=1S/C23H38FN5O/c1-2-25-23(26-12-3-13-28-16-10-22(30)11-17-28)27-21-8-14-29(15-9-21)18-19-4-6-20(24)7-5-19/h4-7,21-22,30H,2-3,8-18H2,1H3,(H2,25,26,27). The second-order valence-electron chi connectivity index (χ2n) is 8.51. The lowest BCUT2D eigenvalue weighted by Gasteiger charge is -2.33. The number of rotatable bonds is 8. The van der Waals surface area contributed by atoms with E-state index in [0.29, 0.717) is 6.04 Å². The van der Waals surface area contributed by atoms with Crippen LogP contribution in [0.5, 0.6) is 0 Å². The van der Waals surface area contributed by atoms with Crippen molar-refractivity contribution in [1.82, 2.24) is 20.4 Å². The highest BCUT2D eigenvalue weighted by molar-refractivity contribution is 5.80. The van der Waals surface area contributed by atoms with E-state index in [2.05, 4.69) is 27.4 Å². The third kappa shape index (κ3) is 7.85. The maximum absolute atomic E-state index is 13.1. The summed E-state index contributed by atoms with van der Waals surface area (Å²) in [5.41, 5.74) is 1.17. The fourth-order valence-electron chi connectivity index (χ4n) is 4.22. The van der Waals surface area contributed by atoms with Gasteiger partial charge in [0.05, 0.1) is 6.10 Å². The number of halogens is 1. The van der Waals surface area contributed by atoms with Crippen molar-refractivity contribution >= 4 is 5.96 Å². The average molecular weight is 420 g/mol. The van der Waals surface area contributed by atoms with Gasteiger partial charge in [-0.05, 0) is 63.3 Å². The van der Waals surface area contributed by atoms with E-state index in [1.807, 2.05) is 12.1 Å². The van der Waals surface area contributed by atoms with Crippen LogP contribution < -0.4 is 10.6 Å². The van der Waals surface area contributed by atoms with Crippen molar-refractivity contribution in [1.29, 1.82) is 0 Å². The molecule has 3 rings (SSSR count). The van der Waals surface area contributed by atoms with Crippen molar-refractivity contribution in [2.75, 3.05) is 45.8 Å². The highest BCUT2D eigenvalue weighted by Crippen LogP contribution is 2.14. The third-order valence-electron chi connectivity index (χ3n) is 6.05. The van der Waals surface area contributed by atoms with Gasteiger partial charge in [-0.2, -0.15) is 0 Å². The van der Waals surface area contributed by atoms with Crippen molar-refractivity contribution in [3.63, 3.8) is 0 Å². The minimum Gasteiger partial charge on any atom is -0.393 e. The van der Waals surface area contributed by atoms with Gasteiger partial charge in [-0.15, -0.1) is 0 Å². The Kier molecular flexibility index (Phi) is 9.36. The molecule has 0 amide bonds. The van der Waals surface area contributed by atoms with E-state index in [4.69, 9.17) is 4.99 Å². The molecule has 3 N–H and O–H groups in total. The Morgan fingerprint density at radius 2 is 1.73 bits per heavy atom. The first-order valence-corrected chi connectivity index (χ1v) is 11.5. The number of nitrogens with zero attached hydrogens (tertiary/aromatic N) is 3. The van der Waals surface area contributed by atoms with Gasteiger partial charge in [-0.3, -0.25) is 9.89 Å². The van der Waals surface area contributed by atoms with E-state index in [-0.39, 0.29) is 11.9 Å². The van der Waals surface area contributed by atoms with Gasteiger partial charge >= 0.3 is 0 Å². The molecule has 0 unspecified atom stereocenters. The topological polar surface area (TPSA) is 63.1 Å². The number of piperidine rings is 2. The molecule has 30 heavy (non-hydrogen) atoms. The van der Waals surface area contributed by atoms with Crippen LogP contribution in [0, 0.1) is 5.82 Å².